The minimum Gasteiger partial charge on any atom is -0.480 e. The fourth-order valence-corrected chi connectivity index (χ4v) is 6.39. The van der Waals surface area contributed by atoms with Gasteiger partial charge in [-0.25, -0.2) is 13.2 Å². The third-order valence-electron chi connectivity index (χ3n) is 5.89. The van der Waals surface area contributed by atoms with E-state index < -0.39 is 55.8 Å². The maximum atomic E-state index is 12.9. The van der Waals surface area contributed by atoms with Gasteiger partial charge in [-0.2, -0.15) is 0 Å². The van der Waals surface area contributed by atoms with E-state index in [-0.39, 0.29) is 6.54 Å². The summed E-state index contributed by atoms with van der Waals surface area (Å²) in [5, 5.41) is 18.4. The number of carboxylic acids is 1. The van der Waals surface area contributed by atoms with Crippen LogP contribution in [0.15, 0.2) is 30.3 Å². The molecule has 158 valence electrons. The Morgan fingerprint density at radius 2 is 1.83 bits per heavy atom. The van der Waals surface area contributed by atoms with Crippen molar-refractivity contribution in [3.8, 4) is 0 Å². The molecule has 10 heteroatoms. The van der Waals surface area contributed by atoms with Crippen LogP contribution in [-0.4, -0.2) is 82.1 Å². The smallest absolute Gasteiger partial charge is 0.328 e. The number of benzene rings is 1. The minimum atomic E-state index is -4.11. The lowest BCUT2D eigenvalue weighted by molar-refractivity contribution is -0.173. The lowest BCUT2D eigenvalue weighted by Crippen LogP contribution is -2.68. The molecule has 2 heterocycles. The summed E-state index contributed by atoms with van der Waals surface area (Å²) in [5.41, 5.74) is 0.983. The van der Waals surface area contributed by atoms with Crippen LogP contribution in [0.4, 0.5) is 0 Å². The number of likely N-dealkylation sites (N-methyl/N-ethyl adjacent to an activating group) is 1. The van der Waals surface area contributed by atoms with E-state index in [2.05, 4.69) is 0 Å². The summed E-state index contributed by atoms with van der Waals surface area (Å²) in [6.45, 7) is 2.75. The number of fused-ring (bicyclic) bond motifs is 1. The van der Waals surface area contributed by atoms with Crippen LogP contribution in [0.5, 0.6) is 0 Å². The summed E-state index contributed by atoms with van der Waals surface area (Å²) >= 11 is 0. The van der Waals surface area contributed by atoms with Crippen molar-refractivity contribution in [1.82, 2.24) is 9.80 Å². The molecule has 2 amide bonds. The van der Waals surface area contributed by atoms with Crippen LogP contribution in [-0.2, 0) is 30.6 Å². The first-order chi connectivity index (χ1) is 13.4. The number of aliphatic carboxylic acids is 1. The van der Waals surface area contributed by atoms with Crippen molar-refractivity contribution < 1.29 is 33.0 Å². The van der Waals surface area contributed by atoms with Gasteiger partial charge in [0.1, 0.15) is 23.4 Å². The first-order valence-corrected chi connectivity index (χ1v) is 10.7. The van der Waals surface area contributed by atoms with Gasteiger partial charge in [-0.15, -0.1) is 0 Å². The fourth-order valence-electron chi connectivity index (χ4n) is 4.07. The molecule has 4 atom stereocenters. The number of aliphatic hydroxyl groups is 1. The van der Waals surface area contributed by atoms with Gasteiger partial charge in [0.05, 0.1) is 4.75 Å². The van der Waals surface area contributed by atoms with Crippen LogP contribution in [0.3, 0.4) is 0 Å². The minimum absolute atomic E-state index is 0.269. The molecular formula is C19H24N2O7S. The molecule has 2 aliphatic heterocycles. The van der Waals surface area contributed by atoms with Crippen LogP contribution < -0.4 is 0 Å². The first kappa shape index (κ1) is 21.3. The molecular weight excluding hydrogens is 400 g/mol. The molecule has 2 aliphatic rings. The van der Waals surface area contributed by atoms with Gasteiger partial charge < -0.3 is 20.0 Å². The number of amides is 2. The predicted octanol–water partition coefficient (Wildman–Crippen LogP) is -0.507. The highest BCUT2D eigenvalue weighted by Crippen LogP contribution is 2.49. The third kappa shape index (κ3) is 3.10. The van der Waals surface area contributed by atoms with E-state index in [1.807, 2.05) is 30.3 Å². The van der Waals surface area contributed by atoms with E-state index in [1.54, 1.807) is 0 Å². The molecule has 0 aliphatic carbocycles. The van der Waals surface area contributed by atoms with Crippen LogP contribution in [0.25, 0.3) is 0 Å². The molecule has 2 fully saturated rings. The molecule has 29 heavy (non-hydrogen) atoms. The van der Waals surface area contributed by atoms with Crippen LogP contribution >= 0.6 is 0 Å². The largest absolute Gasteiger partial charge is 0.480 e. The van der Waals surface area contributed by atoms with E-state index in [1.165, 1.54) is 25.8 Å². The molecule has 2 saturated heterocycles. The molecule has 1 aromatic carbocycles. The van der Waals surface area contributed by atoms with Gasteiger partial charge in [-0.1, -0.05) is 30.3 Å². The second-order valence-corrected chi connectivity index (χ2v) is 10.6. The van der Waals surface area contributed by atoms with Crippen LogP contribution in [0, 0.1) is 5.92 Å². The summed E-state index contributed by atoms with van der Waals surface area (Å²) in [4.78, 5) is 38.8. The number of carboxylic acid groups (broad SMARTS) is 1. The monoisotopic (exact) mass is 424 g/mol. The Bertz CT molecular complexity index is 945. The second kappa shape index (κ2) is 7.10. The number of hydrogen-bond acceptors (Lipinski definition) is 6. The third-order valence-corrected chi connectivity index (χ3v) is 8.74. The number of carbonyl (C=O) groups is 3. The number of β-lactam (4-membered cyclic amide) rings is 1. The Morgan fingerprint density at radius 3 is 2.38 bits per heavy atom. The summed E-state index contributed by atoms with van der Waals surface area (Å²) in [6.07, 6.45) is -1.33. The van der Waals surface area contributed by atoms with Crippen molar-refractivity contribution in [3.05, 3.63) is 35.9 Å². The molecule has 0 unspecified atom stereocenters. The Hall–Kier alpha value is -2.46. The van der Waals surface area contributed by atoms with Gasteiger partial charge in [0.15, 0.2) is 9.84 Å². The number of hydrogen-bond donors (Lipinski definition) is 2. The standard InChI is InChI=1S/C19H24N2O7S/c1-19(2)14(18(25)26)21-15(23)12(17(21)29(19,27)28)13(22)16(24)20(3)10-9-11-7-5-4-6-8-11/h4-8,12-14,17,22H,9-10H2,1-3H3,(H,25,26)/t12-,13+,14+,17-/m1/s1. The molecule has 2 N–H and O–H groups in total. The van der Waals surface area contributed by atoms with Crippen molar-refractivity contribution in [2.45, 2.75) is 42.5 Å². The van der Waals surface area contributed by atoms with Crippen molar-refractivity contribution in [2.24, 2.45) is 5.92 Å². The highest BCUT2D eigenvalue weighted by atomic mass is 32.2. The number of rotatable bonds is 6. The van der Waals surface area contributed by atoms with E-state index in [0.717, 1.165) is 10.5 Å². The highest BCUT2D eigenvalue weighted by Gasteiger charge is 2.73. The van der Waals surface area contributed by atoms with Gasteiger partial charge in [-0.05, 0) is 25.8 Å². The topological polar surface area (TPSA) is 132 Å². The molecule has 0 spiro atoms. The van der Waals surface area contributed by atoms with Crippen molar-refractivity contribution in [1.29, 1.82) is 0 Å². The zero-order valence-corrected chi connectivity index (χ0v) is 17.2. The van der Waals surface area contributed by atoms with Gasteiger partial charge in [0.25, 0.3) is 5.91 Å². The molecule has 0 aromatic heterocycles. The first-order valence-electron chi connectivity index (χ1n) is 9.18. The Balaban J connectivity index is 1.76. The number of nitrogens with zero attached hydrogens (tertiary/aromatic N) is 2. The SMILES string of the molecule is CN(CCc1ccccc1)C(=O)[C@@H](O)[C@@H]1C(=O)N2[C@@H](C(=O)O)C(C)(C)S(=O)(=O)[C@H]12. The van der Waals surface area contributed by atoms with E-state index in [4.69, 9.17) is 0 Å². The second-order valence-electron chi connectivity index (χ2n) is 7.99. The van der Waals surface area contributed by atoms with Gasteiger partial charge in [-0.3, -0.25) is 9.59 Å². The average Bonchev–Trinajstić information content (AvgIpc) is 2.80. The van der Waals surface area contributed by atoms with E-state index in [0.29, 0.717) is 6.42 Å². The number of aliphatic hydroxyl groups excluding tert-OH is 1. The Kier molecular flexibility index (Phi) is 5.20. The lowest BCUT2D eigenvalue weighted by Gasteiger charge is -2.44. The quantitative estimate of drug-likeness (QED) is 0.588. The maximum Gasteiger partial charge on any atom is 0.328 e. The van der Waals surface area contributed by atoms with Crippen molar-refractivity contribution in [2.75, 3.05) is 13.6 Å². The zero-order valence-electron chi connectivity index (χ0n) is 16.3. The predicted molar refractivity (Wildman–Crippen MR) is 102 cm³/mol. The molecule has 3 rings (SSSR count). The number of sulfone groups is 1. The van der Waals surface area contributed by atoms with Crippen LogP contribution in [0.1, 0.15) is 19.4 Å². The molecule has 0 radical (unpaired) electrons. The van der Waals surface area contributed by atoms with E-state index >= 15 is 0 Å². The van der Waals surface area contributed by atoms with Crippen molar-refractivity contribution in [3.63, 3.8) is 0 Å². The highest BCUT2D eigenvalue weighted by molar-refractivity contribution is 7.93. The molecule has 9 nitrogen and oxygen atoms in total. The lowest BCUT2D eigenvalue weighted by atomic mass is 9.87. The van der Waals surface area contributed by atoms with Gasteiger partial charge >= 0.3 is 5.97 Å². The Morgan fingerprint density at radius 1 is 1.24 bits per heavy atom. The zero-order chi connectivity index (χ0) is 21.7. The fraction of sp³-hybridized carbons (Fsp3) is 0.526. The van der Waals surface area contributed by atoms with Gasteiger partial charge in [0, 0.05) is 13.6 Å². The normalized spacial score (nSPS) is 27.7. The summed E-state index contributed by atoms with van der Waals surface area (Å²) in [6, 6.07) is 7.81. The summed E-state index contributed by atoms with van der Waals surface area (Å²) < 4.78 is 24.0. The maximum absolute atomic E-state index is 12.9. The molecule has 1 aromatic rings. The van der Waals surface area contributed by atoms with E-state index in [9.17, 15) is 33.0 Å². The molecule has 0 saturated carbocycles. The van der Waals surface area contributed by atoms with Crippen LogP contribution in [0.2, 0.25) is 0 Å². The summed E-state index contributed by atoms with van der Waals surface area (Å²) in [5.74, 6) is -4.55. The average molecular weight is 424 g/mol. The summed E-state index contributed by atoms with van der Waals surface area (Å²) in [7, 11) is -2.65. The van der Waals surface area contributed by atoms with Gasteiger partial charge in [0.2, 0.25) is 5.91 Å². The van der Waals surface area contributed by atoms with Crippen molar-refractivity contribution >= 4 is 27.6 Å². The Labute approximate surface area is 168 Å². The number of carbonyl (C=O) groups excluding carboxylic acids is 2. The molecule has 0 bridgehead atoms.